The number of nitrogens with one attached hydrogen (secondary N) is 2. The summed E-state index contributed by atoms with van der Waals surface area (Å²) in [5.41, 5.74) is 0.150. The van der Waals surface area contributed by atoms with Crippen molar-refractivity contribution >= 4 is 23.4 Å². The number of carbonyl (C=O) groups is 3. The van der Waals surface area contributed by atoms with Gasteiger partial charge in [0.1, 0.15) is 11.9 Å². The summed E-state index contributed by atoms with van der Waals surface area (Å²) in [6, 6.07) is 5.28. The van der Waals surface area contributed by atoms with Crippen molar-refractivity contribution in [2.75, 3.05) is 18.4 Å². The summed E-state index contributed by atoms with van der Waals surface area (Å²) < 4.78 is 13.3. The normalized spacial score (nSPS) is 16.4. The predicted molar refractivity (Wildman–Crippen MR) is 87.7 cm³/mol. The molecule has 0 aliphatic carbocycles. The zero-order valence-corrected chi connectivity index (χ0v) is 14.0. The Hall–Kier alpha value is -2.95. The zero-order chi connectivity index (χ0) is 18.6. The summed E-state index contributed by atoms with van der Waals surface area (Å²) in [5.74, 6) is -2.80. The van der Waals surface area contributed by atoms with E-state index in [9.17, 15) is 18.8 Å². The van der Waals surface area contributed by atoms with Crippen LogP contribution in [0.5, 0.6) is 0 Å². The minimum absolute atomic E-state index is 0.141. The molecule has 8 heteroatoms. The molecule has 2 rings (SSSR count). The Morgan fingerprint density at radius 1 is 1.36 bits per heavy atom. The molecule has 1 aliphatic heterocycles. The van der Waals surface area contributed by atoms with Gasteiger partial charge in [-0.1, -0.05) is 0 Å². The largest absolute Gasteiger partial charge is 0.346 e. The maximum atomic E-state index is 13.3. The van der Waals surface area contributed by atoms with Crippen molar-refractivity contribution in [2.24, 2.45) is 5.92 Å². The second-order valence-corrected chi connectivity index (χ2v) is 6.16. The number of halogens is 1. The number of likely N-dealkylation sites (tertiary alicyclic amines) is 1. The van der Waals surface area contributed by atoms with Gasteiger partial charge in [0.25, 0.3) is 0 Å². The zero-order valence-electron chi connectivity index (χ0n) is 14.0. The third-order valence-corrected chi connectivity index (χ3v) is 3.81. The molecule has 0 saturated carbocycles. The quantitative estimate of drug-likeness (QED) is 0.797. The number of nitriles is 1. The number of amides is 3. The third kappa shape index (κ3) is 4.53. The number of hydrogen-bond donors (Lipinski definition) is 2. The van der Waals surface area contributed by atoms with Crippen LogP contribution in [0.25, 0.3) is 0 Å². The van der Waals surface area contributed by atoms with E-state index in [1.165, 1.54) is 17.0 Å². The highest BCUT2D eigenvalue weighted by Gasteiger charge is 2.33. The lowest BCUT2D eigenvalue weighted by Crippen LogP contribution is -2.44. The van der Waals surface area contributed by atoms with E-state index < -0.39 is 23.5 Å². The van der Waals surface area contributed by atoms with Crippen LogP contribution in [0, 0.1) is 23.1 Å². The Kier molecular flexibility index (Phi) is 5.70. The number of benzene rings is 1. The monoisotopic (exact) mass is 346 g/mol. The third-order valence-electron chi connectivity index (χ3n) is 3.81. The number of nitrogens with zero attached hydrogens (tertiary/aromatic N) is 2. The standard InChI is InChI=1S/C17H19FN4O3/c1-10(2)20-16(24)17(25)22-6-5-11(9-22)15(23)21-13-3-4-14(18)12(7-13)8-19/h3-4,7,10-11H,5-6,9H2,1-2H3,(H,20,24)(H,21,23). The molecule has 2 N–H and O–H groups in total. The Morgan fingerprint density at radius 2 is 2.08 bits per heavy atom. The number of hydrogen-bond acceptors (Lipinski definition) is 4. The molecule has 132 valence electrons. The van der Waals surface area contributed by atoms with Crippen LogP contribution in [-0.4, -0.2) is 41.8 Å². The van der Waals surface area contributed by atoms with Gasteiger partial charge in [-0.2, -0.15) is 5.26 Å². The summed E-state index contributed by atoms with van der Waals surface area (Å²) in [4.78, 5) is 37.4. The molecule has 0 bridgehead atoms. The van der Waals surface area contributed by atoms with E-state index in [-0.39, 0.29) is 24.1 Å². The second-order valence-electron chi connectivity index (χ2n) is 6.16. The fourth-order valence-corrected chi connectivity index (χ4v) is 2.56. The Labute approximate surface area is 144 Å². The van der Waals surface area contributed by atoms with E-state index in [1.807, 2.05) is 0 Å². The van der Waals surface area contributed by atoms with Gasteiger partial charge in [-0.3, -0.25) is 14.4 Å². The van der Waals surface area contributed by atoms with Crippen molar-refractivity contribution in [3.05, 3.63) is 29.6 Å². The van der Waals surface area contributed by atoms with Gasteiger partial charge in [0, 0.05) is 24.8 Å². The lowest BCUT2D eigenvalue weighted by Gasteiger charge is -2.17. The smallest absolute Gasteiger partial charge is 0.311 e. The average molecular weight is 346 g/mol. The van der Waals surface area contributed by atoms with E-state index in [1.54, 1.807) is 19.9 Å². The molecule has 0 aromatic heterocycles. The average Bonchev–Trinajstić information content (AvgIpc) is 3.05. The molecule has 25 heavy (non-hydrogen) atoms. The summed E-state index contributed by atoms with van der Waals surface area (Å²) in [7, 11) is 0. The van der Waals surface area contributed by atoms with E-state index >= 15 is 0 Å². The fourth-order valence-electron chi connectivity index (χ4n) is 2.56. The van der Waals surface area contributed by atoms with Gasteiger partial charge in [0.15, 0.2) is 0 Å². The van der Waals surface area contributed by atoms with Crippen LogP contribution in [0.4, 0.5) is 10.1 Å². The highest BCUT2D eigenvalue weighted by Crippen LogP contribution is 2.20. The van der Waals surface area contributed by atoms with E-state index in [0.29, 0.717) is 18.7 Å². The molecule has 1 saturated heterocycles. The Balaban J connectivity index is 1.95. The molecule has 0 radical (unpaired) electrons. The van der Waals surface area contributed by atoms with Gasteiger partial charge in [0.2, 0.25) is 5.91 Å². The van der Waals surface area contributed by atoms with Crippen LogP contribution in [0.15, 0.2) is 18.2 Å². The van der Waals surface area contributed by atoms with Crippen LogP contribution in [-0.2, 0) is 14.4 Å². The molecule has 1 fully saturated rings. The second kappa shape index (κ2) is 7.75. The van der Waals surface area contributed by atoms with Gasteiger partial charge < -0.3 is 15.5 Å². The van der Waals surface area contributed by atoms with Gasteiger partial charge in [0.05, 0.1) is 11.5 Å². The maximum Gasteiger partial charge on any atom is 0.311 e. The SMILES string of the molecule is CC(C)NC(=O)C(=O)N1CCC(C(=O)Nc2ccc(F)c(C#N)c2)C1. The van der Waals surface area contributed by atoms with Crippen molar-refractivity contribution in [1.29, 1.82) is 5.26 Å². The highest BCUT2D eigenvalue weighted by atomic mass is 19.1. The topological polar surface area (TPSA) is 102 Å². The van der Waals surface area contributed by atoms with E-state index in [4.69, 9.17) is 5.26 Å². The van der Waals surface area contributed by atoms with Crippen LogP contribution in [0.3, 0.4) is 0 Å². The minimum Gasteiger partial charge on any atom is -0.346 e. The van der Waals surface area contributed by atoms with E-state index in [0.717, 1.165) is 6.07 Å². The molecule has 1 atom stereocenters. The van der Waals surface area contributed by atoms with Gasteiger partial charge >= 0.3 is 11.8 Å². The van der Waals surface area contributed by atoms with Crippen molar-refractivity contribution < 1.29 is 18.8 Å². The summed E-state index contributed by atoms with van der Waals surface area (Å²) in [5, 5.41) is 13.9. The molecule has 3 amide bonds. The number of carbonyl (C=O) groups excluding carboxylic acids is 3. The van der Waals surface area contributed by atoms with Gasteiger partial charge in [-0.05, 0) is 38.5 Å². The first-order valence-electron chi connectivity index (χ1n) is 7.92. The first-order chi connectivity index (χ1) is 11.8. The van der Waals surface area contributed by atoms with Crippen molar-refractivity contribution in [2.45, 2.75) is 26.3 Å². The molecule has 1 aromatic carbocycles. The first kappa shape index (κ1) is 18.4. The van der Waals surface area contributed by atoms with Crippen LogP contribution in [0.1, 0.15) is 25.8 Å². The van der Waals surface area contributed by atoms with Crippen molar-refractivity contribution in [3.63, 3.8) is 0 Å². The minimum atomic E-state index is -0.687. The fraction of sp³-hybridized carbons (Fsp3) is 0.412. The van der Waals surface area contributed by atoms with Crippen LogP contribution < -0.4 is 10.6 Å². The molecule has 1 aromatic rings. The summed E-state index contributed by atoms with van der Waals surface area (Å²) >= 11 is 0. The maximum absolute atomic E-state index is 13.3. The Morgan fingerprint density at radius 3 is 2.72 bits per heavy atom. The molecular weight excluding hydrogens is 327 g/mol. The predicted octanol–water partition coefficient (Wildman–Crippen LogP) is 1.01. The molecule has 0 spiro atoms. The van der Waals surface area contributed by atoms with Crippen LogP contribution in [0.2, 0.25) is 0 Å². The lowest BCUT2D eigenvalue weighted by atomic mass is 10.1. The molecule has 1 aliphatic rings. The van der Waals surface area contributed by atoms with Gasteiger partial charge in [-0.25, -0.2) is 4.39 Å². The molecule has 7 nitrogen and oxygen atoms in total. The van der Waals surface area contributed by atoms with Crippen molar-refractivity contribution in [3.8, 4) is 6.07 Å². The lowest BCUT2D eigenvalue weighted by molar-refractivity contribution is -0.145. The number of rotatable bonds is 3. The highest BCUT2D eigenvalue weighted by molar-refractivity contribution is 6.35. The van der Waals surface area contributed by atoms with Crippen molar-refractivity contribution in [1.82, 2.24) is 10.2 Å². The van der Waals surface area contributed by atoms with E-state index in [2.05, 4.69) is 10.6 Å². The number of anilines is 1. The van der Waals surface area contributed by atoms with Crippen LogP contribution >= 0.6 is 0 Å². The molecular formula is C17H19FN4O3. The first-order valence-corrected chi connectivity index (χ1v) is 7.92. The summed E-state index contributed by atoms with van der Waals surface area (Å²) in [6.07, 6.45) is 0.429. The molecule has 1 heterocycles. The molecule has 1 unspecified atom stereocenters. The van der Waals surface area contributed by atoms with Gasteiger partial charge in [-0.15, -0.1) is 0 Å². The Bertz CT molecular complexity index is 742. The summed E-state index contributed by atoms with van der Waals surface area (Å²) in [6.45, 7) is 3.96.